The summed E-state index contributed by atoms with van der Waals surface area (Å²) in [6.45, 7) is 6.47. The normalized spacial score (nSPS) is 12.8. The molecule has 418 valence electrons. The monoisotopic (exact) mass is 1010 g/mol. The predicted molar refractivity (Wildman–Crippen MR) is 316 cm³/mol. The van der Waals surface area contributed by atoms with Crippen LogP contribution in [-0.4, -0.2) is 37.2 Å². The Bertz CT molecular complexity index is 1440. The lowest BCUT2D eigenvalue weighted by atomic mass is 10.0. The molecule has 0 bridgehead atoms. The van der Waals surface area contributed by atoms with Crippen LogP contribution in [0, 0.1) is 0 Å². The Kier molecular flexibility index (Phi) is 57.8. The zero-order valence-electron chi connectivity index (χ0n) is 47.9. The van der Waals surface area contributed by atoms with E-state index in [1.807, 2.05) is 6.08 Å². The maximum atomic E-state index is 12.9. The fourth-order valence-corrected chi connectivity index (χ4v) is 8.46. The molecule has 73 heavy (non-hydrogen) atoms. The summed E-state index contributed by atoms with van der Waals surface area (Å²) in [5, 5.41) is 0. The van der Waals surface area contributed by atoms with Gasteiger partial charge in [0.1, 0.15) is 13.2 Å². The van der Waals surface area contributed by atoms with E-state index in [0.29, 0.717) is 19.3 Å². The number of unbranched alkanes of at least 4 members (excludes halogenated alkanes) is 28. The Hall–Kier alpha value is -3.67. The van der Waals surface area contributed by atoms with Gasteiger partial charge >= 0.3 is 17.9 Å². The van der Waals surface area contributed by atoms with Gasteiger partial charge in [0.15, 0.2) is 6.10 Å². The van der Waals surface area contributed by atoms with Crippen LogP contribution in [0.15, 0.2) is 97.2 Å². The molecule has 6 heteroatoms. The zero-order chi connectivity index (χ0) is 52.9. The van der Waals surface area contributed by atoms with Gasteiger partial charge in [-0.1, -0.05) is 259 Å². The molecule has 0 saturated carbocycles. The van der Waals surface area contributed by atoms with E-state index in [-0.39, 0.29) is 37.5 Å². The van der Waals surface area contributed by atoms with Crippen LogP contribution in [0.1, 0.15) is 290 Å². The third-order valence-electron chi connectivity index (χ3n) is 13.1. The minimum absolute atomic E-state index is 0.104. The summed E-state index contributed by atoms with van der Waals surface area (Å²) < 4.78 is 16.8. The van der Waals surface area contributed by atoms with E-state index in [1.54, 1.807) is 0 Å². The Morgan fingerprint density at radius 2 is 0.562 bits per heavy atom. The first-order chi connectivity index (χ1) is 36.0. The number of hydrogen-bond acceptors (Lipinski definition) is 6. The topological polar surface area (TPSA) is 78.9 Å². The van der Waals surface area contributed by atoms with Crippen LogP contribution in [-0.2, 0) is 28.6 Å². The first-order valence-electron chi connectivity index (χ1n) is 30.7. The smallest absolute Gasteiger partial charge is 0.306 e. The number of carbonyl (C=O) groups is 3. The van der Waals surface area contributed by atoms with Gasteiger partial charge in [-0.15, -0.1) is 0 Å². The molecule has 0 radical (unpaired) electrons. The molecule has 1 atom stereocenters. The van der Waals surface area contributed by atoms with Gasteiger partial charge in [0.25, 0.3) is 0 Å². The molecule has 0 saturated heterocycles. The summed E-state index contributed by atoms with van der Waals surface area (Å²) in [6, 6.07) is 0. The van der Waals surface area contributed by atoms with Crippen molar-refractivity contribution in [1.29, 1.82) is 0 Å². The number of hydrogen-bond donors (Lipinski definition) is 0. The molecule has 0 aliphatic rings. The van der Waals surface area contributed by atoms with Crippen LogP contribution in [0.3, 0.4) is 0 Å². The van der Waals surface area contributed by atoms with Gasteiger partial charge in [-0.2, -0.15) is 0 Å². The van der Waals surface area contributed by atoms with Crippen molar-refractivity contribution in [2.45, 2.75) is 297 Å². The molecule has 0 amide bonds. The SMILES string of the molecule is CC/C=C\C/C=C\C/C=C\C/C=C\C/C=C\C/C=C\CCC(=O)OC[C@H](COC(=O)CCCCCCCCCCCCC/C=C\CCCCCCCC)OC(=O)CCCCCCC/C=C\CCCCCCCC. The maximum absolute atomic E-state index is 12.9. The summed E-state index contributed by atoms with van der Waals surface area (Å²) in [7, 11) is 0. The van der Waals surface area contributed by atoms with Crippen molar-refractivity contribution in [1.82, 2.24) is 0 Å². The number of allylic oxidation sites excluding steroid dienone is 16. The molecule has 0 heterocycles. The largest absolute Gasteiger partial charge is 0.462 e. The van der Waals surface area contributed by atoms with Crippen LogP contribution in [0.25, 0.3) is 0 Å². The molecule has 0 aliphatic heterocycles. The van der Waals surface area contributed by atoms with E-state index < -0.39 is 6.10 Å². The Labute approximate surface area is 451 Å². The van der Waals surface area contributed by atoms with Gasteiger partial charge < -0.3 is 14.2 Å². The third-order valence-corrected chi connectivity index (χ3v) is 13.1. The second-order valence-electron chi connectivity index (χ2n) is 20.2. The van der Waals surface area contributed by atoms with E-state index in [1.165, 1.54) is 154 Å². The molecule has 0 aliphatic carbocycles. The second-order valence-corrected chi connectivity index (χ2v) is 20.2. The maximum Gasteiger partial charge on any atom is 0.306 e. The van der Waals surface area contributed by atoms with Gasteiger partial charge in [0.2, 0.25) is 0 Å². The van der Waals surface area contributed by atoms with Crippen LogP contribution in [0.4, 0.5) is 0 Å². The van der Waals surface area contributed by atoms with Crippen molar-refractivity contribution in [2.24, 2.45) is 0 Å². The molecule has 0 aromatic carbocycles. The zero-order valence-corrected chi connectivity index (χ0v) is 47.9. The standard InChI is InChI=1S/C67H114O6/c1-4-7-10-13-16-19-22-25-28-30-32-33-35-37-40-42-45-48-51-54-57-60-66(69)72-63-64(73-67(70)61-58-55-52-49-46-43-38-27-24-21-18-15-12-9-6-3)62-71-65(68)59-56-53-50-47-44-41-39-36-34-31-29-26-23-20-17-14-11-8-5-2/h8,11,17,20,25-29,34,36,38,41,44,50,53,64H,4-7,9-10,12-16,18-19,21-24,30-33,35,37,39-40,42-43,45-49,51-52,54-63H2,1-3H3/b11-8-,20-17-,28-25-,29-26-,36-34-,38-27-,44-41-,53-50-/t64-/m1/s1. The van der Waals surface area contributed by atoms with Gasteiger partial charge in [0.05, 0.1) is 0 Å². The van der Waals surface area contributed by atoms with Crippen LogP contribution < -0.4 is 0 Å². The number of rotatable bonds is 55. The molecule has 0 aromatic heterocycles. The van der Waals surface area contributed by atoms with E-state index in [9.17, 15) is 14.4 Å². The Balaban J connectivity index is 4.46. The summed E-state index contributed by atoms with van der Waals surface area (Å²) in [4.78, 5) is 38.2. The highest BCUT2D eigenvalue weighted by molar-refractivity contribution is 5.71. The van der Waals surface area contributed by atoms with Gasteiger partial charge in [-0.3, -0.25) is 14.4 Å². The minimum Gasteiger partial charge on any atom is -0.462 e. The van der Waals surface area contributed by atoms with Crippen molar-refractivity contribution < 1.29 is 28.6 Å². The average molecular weight is 1020 g/mol. The Morgan fingerprint density at radius 3 is 0.918 bits per heavy atom. The van der Waals surface area contributed by atoms with E-state index in [4.69, 9.17) is 14.2 Å². The highest BCUT2D eigenvalue weighted by Gasteiger charge is 2.19. The molecule has 0 spiro atoms. The molecule has 0 N–H and O–H groups in total. The lowest BCUT2D eigenvalue weighted by Gasteiger charge is -2.18. The van der Waals surface area contributed by atoms with Gasteiger partial charge in [-0.25, -0.2) is 0 Å². The summed E-state index contributed by atoms with van der Waals surface area (Å²) in [6.07, 6.45) is 81.3. The van der Waals surface area contributed by atoms with Crippen LogP contribution in [0.5, 0.6) is 0 Å². The molecule has 0 rings (SSSR count). The number of esters is 3. The van der Waals surface area contributed by atoms with Crippen molar-refractivity contribution >= 4 is 17.9 Å². The fourth-order valence-electron chi connectivity index (χ4n) is 8.46. The Morgan fingerprint density at radius 1 is 0.288 bits per heavy atom. The third kappa shape index (κ3) is 59.1. The van der Waals surface area contributed by atoms with Crippen LogP contribution in [0.2, 0.25) is 0 Å². The molecule has 0 unspecified atom stereocenters. The summed E-state index contributed by atoms with van der Waals surface area (Å²) in [5.74, 6) is -0.994. The first kappa shape index (κ1) is 69.3. The predicted octanol–water partition coefficient (Wildman–Crippen LogP) is 20.9. The summed E-state index contributed by atoms with van der Waals surface area (Å²) >= 11 is 0. The van der Waals surface area contributed by atoms with Crippen molar-refractivity contribution in [3.8, 4) is 0 Å². The fraction of sp³-hybridized carbons (Fsp3) is 0.716. The molecule has 6 nitrogen and oxygen atoms in total. The lowest BCUT2D eigenvalue weighted by molar-refractivity contribution is -0.166. The number of ether oxygens (including phenoxy) is 3. The molecule has 0 aromatic rings. The van der Waals surface area contributed by atoms with E-state index >= 15 is 0 Å². The second kappa shape index (κ2) is 60.9. The molecule has 0 fully saturated rings. The van der Waals surface area contributed by atoms with Crippen molar-refractivity contribution in [2.75, 3.05) is 13.2 Å². The van der Waals surface area contributed by atoms with E-state index in [0.717, 1.165) is 89.9 Å². The van der Waals surface area contributed by atoms with Crippen molar-refractivity contribution in [3.63, 3.8) is 0 Å². The lowest BCUT2D eigenvalue weighted by Crippen LogP contribution is -2.30. The highest BCUT2D eigenvalue weighted by atomic mass is 16.6. The average Bonchev–Trinajstić information content (AvgIpc) is 3.39. The van der Waals surface area contributed by atoms with Crippen molar-refractivity contribution in [3.05, 3.63) is 97.2 Å². The van der Waals surface area contributed by atoms with E-state index in [2.05, 4.69) is 112 Å². The molecular formula is C67H114O6. The quantitative estimate of drug-likeness (QED) is 0.0261. The van der Waals surface area contributed by atoms with Gasteiger partial charge in [0, 0.05) is 19.3 Å². The molecular weight excluding hydrogens is 901 g/mol. The highest BCUT2D eigenvalue weighted by Crippen LogP contribution is 2.15. The number of carbonyl (C=O) groups excluding carboxylic acids is 3. The minimum atomic E-state index is -0.814. The summed E-state index contributed by atoms with van der Waals surface area (Å²) in [5.41, 5.74) is 0. The van der Waals surface area contributed by atoms with Crippen LogP contribution >= 0.6 is 0 Å². The van der Waals surface area contributed by atoms with Gasteiger partial charge in [-0.05, 0) is 109 Å². The first-order valence-corrected chi connectivity index (χ1v) is 30.7.